The molecule has 3 heteroatoms. The summed E-state index contributed by atoms with van der Waals surface area (Å²) in [6, 6.07) is 7.52. The highest BCUT2D eigenvalue weighted by Gasteiger charge is 2.16. The van der Waals surface area contributed by atoms with Gasteiger partial charge in [0.1, 0.15) is 0 Å². The summed E-state index contributed by atoms with van der Waals surface area (Å²) in [5, 5.41) is 0. The van der Waals surface area contributed by atoms with Crippen LogP contribution in [0, 0.1) is 0 Å². The summed E-state index contributed by atoms with van der Waals surface area (Å²) in [5.74, 6) is 0.122. The normalized spacial score (nSPS) is 15.9. The van der Waals surface area contributed by atoms with Crippen molar-refractivity contribution >= 4 is 21.8 Å². The van der Waals surface area contributed by atoms with Gasteiger partial charge in [-0.1, -0.05) is 27.6 Å². The van der Waals surface area contributed by atoms with Crippen LogP contribution in [0.1, 0.15) is 23.7 Å². The Morgan fingerprint density at radius 1 is 1.31 bits per heavy atom. The molecule has 1 aromatic carbocycles. The van der Waals surface area contributed by atoms with Crippen LogP contribution in [0.2, 0.25) is 0 Å². The average molecular weight is 280 g/mol. The zero-order chi connectivity index (χ0) is 11.5. The van der Waals surface area contributed by atoms with Gasteiger partial charge in [0.25, 0.3) is 5.91 Å². The highest BCUT2D eigenvalue weighted by atomic mass is 79.9. The van der Waals surface area contributed by atoms with Gasteiger partial charge in [0.05, 0.1) is 0 Å². The van der Waals surface area contributed by atoms with Crippen LogP contribution in [0.5, 0.6) is 0 Å². The lowest BCUT2D eigenvalue weighted by Crippen LogP contribution is -2.34. The molecule has 1 aromatic rings. The van der Waals surface area contributed by atoms with Crippen molar-refractivity contribution in [3.05, 3.63) is 46.0 Å². The quantitative estimate of drug-likeness (QED) is 0.723. The zero-order valence-corrected chi connectivity index (χ0v) is 10.8. The summed E-state index contributed by atoms with van der Waals surface area (Å²) >= 11 is 3.36. The first-order valence-electron chi connectivity index (χ1n) is 5.37. The number of benzene rings is 1. The second-order valence-electron chi connectivity index (χ2n) is 4.06. The summed E-state index contributed by atoms with van der Waals surface area (Å²) in [5.41, 5.74) is 2.14. The Morgan fingerprint density at radius 3 is 2.56 bits per heavy atom. The second-order valence-corrected chi connectivity index (χ2v) is 4.97. The van der Waals surface area contributed by atoms with Crippen molar-refractivity contribution in [3.63, 3.8) is 0 Å². The molecule has 0 aromatic heterocycles. The van der Waals surface area contributed by atoms with E-state index >= 15 is 0 Å². The van der Waals surface area contributed by atoms with Gasteiger partial charge in [0.2, 0.25) is 0 Å². The van der Waals surface area contributed by atoms with Crippen LogP contribution in [0.15, 0.2) is 40.4 Å². The van der Waals surface area contributed by atoms with Crippen LogP contribution in [0.25, 0.3) is 0 Å². The van der Waals surface area contributed by atoms with Crippen molar-refractivity contribution in [3.8, 4) is 0 Å². The van der Waals surface area contributed by atoms with Crippen molar-refractivity contribution < 1.29 is 4.79 Å². The molecule has 2 rings (SSSR count). The SMILES string of the molecule is CC1=CCN(C(=O)c2ccc(Br)cc2)CC1. The minimum absolute atomic E-state index is 0.122. The maximum Gasteiger partial charge on any atom is 0.254 e. The maximum atomic E-state index is 12.1. The van der Waals surface area contributed by atoms with Crippen LogP contribution in [0.4, 0.5) is 0 Å². The van der Waals surface area contributed by atoms with Gasteiger partial charge in [-0.05, 0) is 37.6 Å². The maximum absolute atomic E-state index is 12.1. The monoisotopic (exact) mass is 279 g/mol. The standard InChI is InChI=1S/C13H14BrNO/c1-10-6-8-15(9-7-10)13(16)11-2-4-12(14)5-3-11/h2-6H,7-9H2,1H3. The van der Waals surface area contributed by atoms with E-state index in [9.17, 15) is 4.79 Å². The number of halogens is 1. The van der Waals surface area contributed by atoms with E-state index in [0.717, 1.165) is 29.5 Å². The van der Waals surface area contributed by atoms with E-state index in [4.69, 9.17) is 0 Å². The zero-order valence-electron chi connectivity index (χ0n) is 9.24. The third-order valence-electron chi connectivity index (χ3n) is 2.81. The van der Waals surface area contributed by atoms with Crippen molar-refractivity contribution in [2.75, 3.05) is 13.1 Å². The lowest BCUT2D eigenvalue weighted by atomic mass is 10.1. The van der Waals surface area contributed by atoms with E-state index in [1.165, 1.54) is 5.57 Å². The number of hydrogen-bond acceptors (Lipinski definition) is 1. The van der Waals surface area contributed by atoms with Crippen molar-refractivity contribution in [1.82, 2.24) is 4.90 Å². The minimum atomic E-state index is 0.122. The second kappa shape index (κ2) is 4.83. The Hall–Kier alpha value is -1.09. The van der Waals surface area contributed by atoms with Gasteiger partial charge in [-0.25, -0.2) is 0 Å². The summed E-state index contributed by atoms with van der Waals surface area (Å²) in [4.78, 5) is 14.0. The molecule has 0 bridgehead atoms. The van der Waals surface area contributed by atoms with E-state index in [0.29, 0.717) is 0 Å². The first-order valence-corrected chi connectivity index (χ1v) is 6.16. The Kier molecular flexibility index (Phi) is 3.44. The highest BCUT2D eigenvalue weighted by Crippen LogP contribution is 2.15. The van der Waals surface area contributed by atoms with E-state index in [-0.39, 0.29) is 5.91 Å². The first kappa shape index (κ1) is 11.4. The van der Waals surface area contributed by atoms with E-state index < -0.39 is 0 Å². The Balaban J connectivity index is 2.11. The minimum Gasteiger partial charge on any atom is -0.335 e. The highest BCUT2D eigenvalue weighted by molar-refractivity contribution is 9.10. The number of carbonyl (C=O) groups is 1. The van der Waals surface area contributed by atoms with Gasteiger partial charge in [0.15, 0.2) is 0 Å². The van der Waals surface area contributed by atoms with E-state index in [2.05, 4.69) is 28.9 Å². The predicted octanol–water partition coefficient (Wildman–Crippen LogP) is 3.24. The fourth-order valence-electron chi connectivity index (χ4n) is 1.73. The third-order valence-corrected chi connectivity index (χ3v) is 3.34. The molecule has 1 heterocycles. The summed E-state index contributed by atoms with van der Waals surface area (Å²) in [6.45, 7) is 3.68. The smallest absolute Gasteiger partial charge is 0.254 e. The summed E-state index contributed by atoms with van der Waals surface area (Å²) in [6.07, 6.45) is 3.11. The number of hydrogen-bond donors (Lipinski definition) is 0. The average Bonchev–Trinajstić information content (AvgIpc) is 2.30. The molecule has 1 amide bonds. The molecule has 0 N–H and O–H groups in total. The largest absolute Gasteiger partial charge is 0.335 e. The number of rotatable bonds is 1. The Labute approximate surface area is 104 Å². The molecule has 0 radical (unpaired) electrons. The first-order chi connectivity index (χ1) is 7.66. The van der Waals surface area contributed by atoms with Crippen LogP contribution in [-0.2, 0) is 0 Å². The Bertz CT molecular complexity index is 422. The molecule has 2 nitrogen and oxygen atoms in total. The summed E-state index contributed by atoms with van der Waals surface area (Å²) < 4.78 is 0.999. The predicted molar refractivity (Wildman–Crippen MR) is 68.4 cm³/mol. The molecular weight excluding hydrogens is 266 g/mol. The molecule has 0 spiro atoms. The van der Waals surface area contributed by atoms with Gasteiger partial charge in [0, 0.05) is 23.1 Å². The number of nitrogens with zero attached hydrogens (tertiary/aromatic N) is 1. The molecule has 16 heavy (non-hydrogen) atoms. The molecule has 0 aliphatic carbocycles. The van der Waals surface area contributed by atoms with Gasteiger partial charge in [-0.2, -0.15) is 0 Å². The molecule has 1 aliphatic rings. The van der Waals surface area contributed by atoms with Crippen LogP contribution < -0.4 is 0 Å². The fraction of sp³-hybridized carbons (Fsp3) is 0.308. The van der Waals surface area contributed by atoms with E-state index in [1.807, 2.05) is 29.2 Å². The summed E-state index contributed by atoms with van der Waals surface area (Å²) in [7, 11) is 0. The van der Waals surface area contributed by atoms with Crippen LogP contribution in [0.3, 0.4) is 0 Å². The molecule has 0 saturated carbocycles. The lowest BCUT2D eigenvalue weighted by Gasteiger charge is -2.25. The van der Waals surface area contributed by atoms with Crippen molar-refractivity contribution in [2.45, 2.75) is 13.3 Å². The third kappa shape index (κ3) is 2.53. The fourth-order valence-corrected chi connectivity index (χ4v) is 1.99. The molecule has 0 saturated heterocycles. The van der Waals surface area contributed by atoms with Crippen molar-refractivity contribution in [1.29, 1.82) is 0 Å². The van der Waals surface area contributed by atoms with E-state index in [1.54, 1.807) is 0 Å². The van der Waals surface area contributed by atoms with Gasteiger partial charge in [-0.3, -0.25) is 4.79 Å². The molecule has 0 unspecified atom stereocenters. The lowest BCUT2D eigenvalue weighted by molar-refractivity contribution is 0.0769. The topological polar surface area (TPSA) is 20.3 Å². The molecular formula is C13H14BrNO. The number of carbonyl (C=O) groups excluding carboxylic acids is 1. The molecule has 0 fully saturated rings. The number of amides is 1. The van der Waals surface area contributed by atoms with Crippen LogP contribution >= 0.6 is 15.9 Å². The molecule has 0 atom stereocenters. The van der Waals surface area contributed by atoms with Gasteiger partial charge in [-0.15, -0.1) is 0 Å². The Morgan fingerprint density at radius 2 is 2.00 bits per heavy atom. The molecule has 1 aliphatic heterocycles. The van der Waals surface area contributed by atoms with Gasteiger partial charge >= 0.3 is 0 Å². The molecule has 84 valence electrons. The van der Waals surface area contributed by atoms with Gasteiger partial charge < -0.3 is 4.90 Å². The van der Waals surface area contributed by atoms with Crippen LogP contribution in [-0.4, -0.2) is 23.9 Å². The van der Waals surface area contributed by atoms with Crippen molar-refractivity contribution in [2.24, 2.45) is 0 Å².